The zero-order valence-electron chi connectivity index (χ0n) is 16.8. The van der Waals surface area contributed by atoms with Gasteiger partial charge in [0.15, 0.2) is 11.6 Å². The smallest absolute Gasteiger partial charge is 0.324 e. The first-order valence-corrected chi connectivity index (χ1v) is 11.4. The summed E-state index contributed by atoms with van der Waals surface area (Å²) in [5.74, 6) is 1.50. The molecule has 0 radical (unpaired) electrons. The molecule has 1 aliphatic carbocycles. The van der Waals surface area contributed by atoms with Crippen LogP contribution in [0.15, 0.2) is 12.1 Å². The minimum Gasteiger partial charge on any atom is -0.490 e. The van der Waals surface area contributed by atoms with Gasteiger partial charge in [0.25, 0.3) is 0 Å². The molecule has 6 nitrogen and oxygen atoms in total. The molecule has 1 saturated heterocycles. The van der Waals surface area contributed by atoms with Gasteiger partial charge in [-0.25, -0.2) is 13.5 Å². The molecule has 1 aromatic rings. The normalized spacial score (nSPS) is 21.6. The third-order valence-corrected chi connectivity index (χ3v) is 7.02. The van der Waals surface area contributed by atoms with E-state index in [0.717, 1.165) is 42.7 Å². The number of carbonyl (C=O) groups is 2. The highest BCUT2D eigenvalue weighted by molar-refractivity contribution is 7.97. The van der Waals surface area contributed by atoms with Gasteiger partial charge < -0.3 is 9.64 Å². The van der Waals surface area contributed by atoms with E-state index < -0.39 is 0 Å². The first-order valence-electron chi connectivity index (χ1n) is 10.4. The van der Waals surface area contributed by atoms with E-state index in [1.165, 1.54) is 12.8 Å². The largest absolute Gasteiger partial charge is 0.490 e. The van der Waals surface area contributed by atoms with Crippen LogP contribution in [0.25, 0.3) is 0 Å². The molecule has 0 bridgehead atoms. The number of amides is 3. The van der Waals surface area contributed by atoms with Crippen LogP contribution in [0.3, 0.4) is 0 Å². The van der Waals surface area contributed by atoms with Gasteiger partial charge in [-0.2, -0.15) is 0 Å². The average molecular weight is 422 g/mol. The number of rotatable bonds is 10. The van der Waals surface area contributed by atoms with Crippen LogP contribution in [-0.2, 0) is 11.3 Å². The van der Waals surface area contributed by atoms with Crippen LogP contribution in [0.4, 0.5) is 9.18 Å². The third-order valence-electron chi connectivity index (χ3n) is 5.77. The number of ether oxygens (including phenoxy) is 1. The standard InChI is InChI=1S/C21H28FN3O3S/c1-14-17-10-19(28-13-15-5-6-15)18(22)9-16(17)11-25(14)29-8-4-2-3-7-24-12-20(26)23-21(24)27/h9-10,14-15H,2-8,11-13H2,1H3,(H,23,26,27). The molecule has 1 unspecified atom stereocenters. The fourth-order valence-electron chi connectivity index (χ4n) is 3.78. The van der Waals surface area contributed by atoms with E-state index in [-0.39, 0.29) is 30.3 Å². The van der Waals surface area contributed by atoms with Crippen LogP contribution in [0, 0.1) is 11.7 Å². The Labute approximate surface area is 175 Å². The lowest BCUT2D eigenvalue weighted by atomic mass is 10.1. The van der Waals surface area contributed by atoms with Crippen LogP contribution in [0.1, 0.15) is 56.2 Å². The summed E-state index contributed by atoms with van der Waals surface area (Å²) >= 11 is 1.80. The van der Waals surface area contributed by atoms with Crippen molar-refractivity contribution in [2.24, 2.45) is 5.92 Å². The van der Waals surface area contributed by atoms with Crippen molar-refractivity contribution in [3.63, 3.8) is 0 Å². The Kier molecular flexibility index (Phi) is 6.29. The summed E-state index contributed by atoms with van der Waals surface area (Å²) in [6.07, 6.45) is 5.32. The molecular formula is C21H28FN3O3S. The van der Waals surface area contributed by atoms with Crippen molar-refractivity contribution in [3.05, 3.63) is 29.1 Å². The lowest BCUT2D eigenvalue weighted by Crippen LogP contribution is -2.29. The fraction of sp³-hybridized carbons (Fsp3) is 0.619. The number of urea groups is 1. The van der Waals surface area contributed by atoms with E-state index in [9.17, 15) is 14.0 Å². The summed E-state index contributed by atoms with van der Waals surface area (Å²) in [5, 5.41) is 2.30. The summed E-state index contributed by atoms with van der Waals surface area (Å²) in [6.45, 7) is 4.33. The second-order valence-electron chi connectivity index (χ2n) is 8.16. The van der Waals surface area contributed by atoms with Crippen molar-refractivity contribution in [1.29, 1.82) is 0 Å². The molecule has 1 atom stereocenters. The quantitative estimate of drug-likeness (QED) is 0.353. The zero-order valence-corrected chi connectivity index (χ0v) is 17.6. The van der Waals surface area contributed by atoms with Crippen LogP contribution < -0.4 is 10.1 Å². The summed E-state index contributed by atoms with van der Waals surface area (Å²) in [5.41, 5.74) is 2.21. The van der Waals surface area contributed by atoms with Gasteiger partial charge in [0.2, 0.25) is 5.91 Å². The number of nitrogens with zero attached hydrogens (tertiary/aromatic N) is 2. The lowest BCUT2D eigenvalue weighted by Gasteiger charge is -2.20. The van der Waals surface area contributed by atoms with Gasteiger partial charge in [-0.3, -0.25) is 10.1 Å². The van der Waals surface area contributed by atoms with Crippen LogP contribution in [-0.4, -0.2) is 46.6 Å². The van der Waals surface area contributed by atoms with Gasteiger partial charge >= 0.3 is 6.03 Å². The fourth-order valence-corrected chi connectivity index (χ4v) is 4.92. The van der Waals surface area contributed by atoms with E-state index in [4.69, 9.17) is 4.74 Å². The minimum absolute atomic E-state index is 0.181. The van der Waals surface area contributed by atoms with E-state index in [1.54, 1.807) is 22.9 Å². The van der Waals surface area contributed by atoms with Crippen LogP contribution in [0.2, 0.25) is 0 Å². The summed E-state index contributed by atoms with van der Waals surface area (Å²) in [7, 11) is 0. The van der Waals surface area contributed by atoms with E-state index in [2.05, 4.69) is 16.5 Å². The Hall–Kier alpha value is -1.80. The number of nitrogens with one attached hydrogen (secondary N) is 1. The molecular weight excluding hydrogens is 393 g/mol. The number of halogens is 1. The van der Waals surface area contributed by atoms with Gasteiger partial charge in [0.05, 0.1) is 6.61 Å². The van der Waals surface area contributed by atoms with E-state index in [0.29, 0.717) is 24.8 Å². The molecule has 3 amide bonds. The Balaban J connectivity index is 1.18. The van der Waals surface area contributed by atoms with Gasteiger partial charge in [-0.05, 0) is 61.8 Å². The molecule has 3 aliphatic rings. The number of hydrogen-bond donors (Lipinski definition) is 1. The highest BCUT2D eigenvalue weighted by atomic mass is 32.2. The first kappa shape index (κ1) is 20.5. The van der Waals surface area contributed by atoms with Gasteiger partial charge in [0.1, 0.15) is 6.54 Å². The van der Waals surface area contributed by atoms with Crippen molar-refractivity contribution in [2.45, 2.75) is 51.6 Å². The maximum Gasteiger partial charge on any atom is 0.324 e. The first-order chi connectivity index (χ1) is 14.0. The maximum atomic E-state index is 14.3. The van der Waals surface area contributed by atoms with Crippen molar-refractivity contribution in [1.82, 2.24) is 14.5 Å². The molecule has 4 rings (SSSR count). The molecule has 1 N–H and O–H groups in total. The monoisotopic (exact) mass is 421 g/mol. The summed E-state index contributed by atoms with van der Waals surface area (Å²) < 4.78 is 22.3. The Bertz CT molecular complexity index is 787. The van der Waals surface area contributed by atoms with E-state index in [1.807, 2.05) is 6.07 Å². The number of carbonyl (C=O) groups excluding carboxylic acids is 2. The molecule has 2 fully saturated rings. The van der Waals surface area contributed by atoms with Crippen LogP contribution in [0.5, 0.6) is 5.75 Å². The number of hydrogen-bond acceptors (Lipinski definition) is 5. The zero-order chi connectivity index (χ0) is 20.4. The molecule has 158 valence electrons. The molecule has 29 heavy (non-hydrogen) atoms. The maximum absolute atomic E-state index is 14.3. The van der Waals surface area contributed by atoms with Crippen molar-refractivity contribution >= 4 is 23.9 Å². The molecule has 2 aliphatic heterocycles. The molecule has 1 saturated carbocycles. The molecule has 0 aromatic heterocycles. The SMILES string of the molecule is CC1c2cc(OCC3CC3)c(F)cc2CN1SCCCCCN1CC(=O)NC1=O. The highest BCUT2D eigenvalue weighted by Crippen LogP contribution is 2.41. The predicted octanol–water partition coefficient (Wildman–Crippen LogP) is 3.86. The second kappa shape index (κ2) is 8.92. The van der Waals surface area contributed by atoms with Gasteiger partial charge in [-0.1, -0.05) is 18.4 Å². The summed E-state index contributed by atoms with van der Waals surface area (Å²) in [4.78, 5) is 24.2. The molecule has 2 heterocycles. The Morgan fingerprint density at radius 1 is 1.21 bits per heavy atom. The summed E-state index contributed by atoms with van der Waals surface area (Å²) in [6, 6.07) is 3.48. The minimum atomic E-state index is -0.277. The number of benzene rings is 1. The van der Waals surface area contributed by atoms with Gasteiger partial charge in [-0.15, -0.1) is 0 Å². The molecule has 0 spiro atoms. The molecule has 8 heteroatoms. The number of imide groups is 1. The molecule has 1 aromatic carbocycles. The predicted molar refractivity (Wildman–Crippen MR) is 110 cm³/mol. The second-order valence-corrected chi connectivity index (χ2v) is 9.29. The van der Waals surface area contributed by atoms with Crippen molar-refractivity contribution in [3.8, 4) is 5.75 Å². The third kappa shape index (κ3) is 5.04. The number of fused-ring (bicyclic) bond motifs is 1. The van der Waals surface area contributed by atoms with E-state index >= 15 is 0 Å². The van der Waals surface area contributed by atoms with Gasteiger partial charge in [0, 0.05) is 24.9 Å². The van der Waals surface area contributed by atoms with Crippen molar-refractivity contribution in [2.75, 3.05) is 25.4 Å². The average Bonchev–Trinajstić information content (AvgIpc) is 3.39. The Morgan fingerprint density at radius 3 is 2.76 bits per heavy atom. The lowest BCUT2D eigenvalue weighted by molar-refractivity contribution is -0.118. The topological polar surface area (TPSA) is 61.9 Å². The highest BCUT2D eigenvalue weighted by Gasteiger charge is 2.30. The van der Waals surface area contributed by atoms with Crippen LogP contribution >= 0.6 is 11.9 Å². The Morgan fingerprint density at radius 2 is 2.03 bits per heavy atom. The van der Waals surface area contributed by atoms with Crippen molar-refractivity contribution < 1.29 is 18.7 Å². The number of unbranched alkanes of at least 4 members (excludes halogenated alkanes) is 2.